The molecule has 1 heterocycles. The van der Waals surface area contributed by atoms with Crippen molar-refractivity contribution >= 4 is 5.91 Å². The van der Waals surface area contributed by atoms with Crippen molar-refractivity contribution in [1.82, 2.24) is 9.80 Å². The zero-order chi connectivity index (χ0) is 16.1. The van der Waals surface area contributed by atoms with Crippen LogP contribution in [0.4, 0.5) is 0 Å². The molecule has 1 aromatic rings. The lowest BCUT2D eigenvalue weighted by Gasteiger charge is -2.31. The van der Waals surface area contributed by atoms with Crippen molar-refractivity contribution in [2.75, 3.05) is 19.6 Å². The third-order valence-electron chi connectivity index (χ3n) is 4.56. The minimum atomic E-state index is -0.386. The van der Waals surface area contributed by atoms with Crippen molar-refractivity contribution in [1.29, 1.82) is 0 Å². The smallest absolute Gasteiger partial charge is 0.240 e. The van der Waals surface area contributed by atoms with E-state index >= 15 is 0 Å². The Morgan fingerprint density at radius 3 is 2.64 bits per heavy atom. The summed E-state index contributed by atoms with van der Waals surface area (Å²) in [6.45, 7) is 9.74. The standard InChI is InChI=1S/C18H29N3O/c1-4-21(18(22)17(19)14(2)3)16-10-11-20(13-16)12-15-8-6-5-7-9-15/h5-9,14,16-17H,4,10-13,19H2,1-3H3/t16?,17-/m0/s1. The first-order valence-electron chi connectivity index (χ1n) is 8.35. The first kappa shape index (κ1) is 17.0. The SMILES string of the molecule is CCN(C(=O)[C@@H](N)C(C)C)C1CCN(Cc2ccccc2)C1. The number of amides is 1. The summed E-state index contributed by atoms with van der Waals surface area (Å²) in [6, 6.07) is 10.4. The molecule has 4 nitrogen and oxygen atoms in total. The molecule has 0 spiro atoms. The largest absolute Gasteiger partial charge is 0.337 e. The summed E-state index contributed by atoms with van der Waals surface area (Å²) in [5.41, 5.74) is 7.39. The van der Waals surface area contributed by atoms with E-state index < -0.39 is 0 Å². The van der Waals surface area contributed by atoms with Crippen molar-refractivity contribution in [3.63, 3.8) is 0 Å². The molecule has 1 aromatic carbocycles. The van der Waals surface area contributed by atoms with Crippen LogP contribution in [0.2, 0.25) is 0 Å². The fourth-order valence-electron chi connectivity index (χ4n) is 3.12. The van der Waals surface area contributed by atoms with E-state index in [1.165, 1.54) is 5.56 Å². The number of benzene rings is 1. The molecule has 4 heteroatoms. The molecule has 1 aliphatic heterocycles. The van der Waals surface area contributed by atoms with Gasteiger partial charge in [0, 0.05) is 32.2 Å². The number of likely N-dealkylation sites (N-methyl/N-ethyl adjacent to an activating group) is 1. The Morgan fingerprint density at radius 1 is 1.36 bits per heavy atom. The van der Waals surface area contributed by atoms with Gasteiger partial charge < -0.3 is 10.6 Å². The van der Waals surface area contributed by atoms with Gasteiger partial charge in [-0.2, -0.15) is 0 Å². The van der Waals surface area contributed by atoms with Gasteiger partial charge in [0.1, 0.15) is 0 Å². The zero-order valence-electron chi connectivity index (χ0n) is 14.0. The summed E-state index contributed by atoms with van der Waals surface area (Å²) in [5, 5.41) is 0. The van der Waals surface area contributed by atoms with Crippen LogP contribution in [0.3, 0.4) is 0 Å². The van der Waals surface area contributed by atoms with Gasteiger partial charge in [0.05, 0.1) is 6.04 Å². The third-order valence-corrected chi connectivity index (χ3v) is 4.56. The van der Waals surface area contributed by atoms with Crippen LogP contribution in [0.1, 0.15) is 32.8 Å². The highest BCUT2D eigenvalue weighted by Crippen LogP contribution is 2.19. The molecule has 0 aromatic heterocycles. The maximum Gasteiger partial charge on any atom is 0.240 e. The van der Waals surface area contributed by atoms with Crippen LogP contribution in [-0.2, 0) is 11.3 Å². The topological polar surface area (TPSA) is 49.6 Å². The number of hydrogen-bond donors (Lipinski definition) is 1. The molecule has 2 N–H and O–H groups in total. The number of carbonyl (C=O) groups is 1. The fourth-order valence-corrected chi connectivity index (χ4v) is 3.12. The third kappa shape index (κ3) is 4.08. The summed E-state index contributed by atoms with van der Waals surface area (Å²) in [5.74, 6) is 0.285. The molecule has 0 radical (unpaired) electrons. The van der Waals surface area contributed by atoms with E-state index in [9.17, 15) is 4.79 Å². The van der Waals surface area contributed by atoms with Crippen LogP contribution in [-0.4, -0.2) is 47.4 Å². The number of nitrogens with two attached hydrogens (primary N) is 1. The molecule has 0 aliphatic carbocycles. The second-order valence-corrected chi connectivity index (χ2v) is 6.56. The Hall–Kier alpha value is -1.39. The van der Waals surface area contributed by atoms with Crippen molar-refractivity contribution in [2.24, 2.45) is 11.7 Å². The minimum Gasteiger partial charge on any atom is -0.337 e. The Bertz CT molecular complexity index is 474. The van der Waals surface area contributed by atoms with Crippen LogP contribution in [0.15, 0.2) is 30.3 Å². The molecule has 122 valence electrons. The lowest BCUT2D eigenvalue weighted by atomic mass is 10.0. The zero-order valence-corrected chi connectivity index (χ0v) is 14.0. The molecule has 0 saturated carbocycles. The number of nitrogens with zero attached hydrogens (tertiary/aromatic N) is 2. The summed E-state index contributed by atoms with van der Waals surface area (Å²) in [4.78, 5) is 17.0. The Kier molecular flexibility index (Phi) is 5.98. The van der Waals surface area contributed by atoms with E-state index in [1.54, 1.807) is 0 Å². The molecule has 2 rings (SSSR count). The normalized spacial score (nSPS) is 20.3. The van der Waals surface area contributed by atoms with Gasteiger partial charge in [-0.25, -0.2) is 0 Å². The van der Waals surface area contributed by atoms with E-state index in [2.05, 4.69) is 29.2 Å². The molecule has 22 heavy (non-hydrogen) atoms. The van der Waals surface area contributed by atoms with Gasteiger partial charge in [-0.3, -0.25) is 9.69 Å². The van der Waals surface area contributed by atoms with Crippen LogP contribution in [0.5, 0.6) is 0 Å². The maximum atomic E-state index is 12.6. The number of likely N-dealkylation sites (tertiary alicyclic amines) is 1. The van der Waals surface area contributed by atoms with Gasteiger partial charge in [-0.05, 0) is 24.8 Å². The summed E-state index contributed by atoms with van der Waals surface area (Å²) >= 11 is 0. The Morgan fingerprint density at radius 2 is 2.05 bits per heavy atom. The lowest BCUT2D eigenvalue weighted by molar-refractivity contribution is -0.135. The Labute approximate surface area is 134 Å². The van der Waals surface area contributed by atoms with Gasteiger partial charge in [-0.1, -0.05) is 44.2 Å². The van der Waals surface area contributed by atoms with Crippen molar-refractivity contribution in [3.8, 4) is 0 Å². The lowest BCUT2D eigenvalue weighted by Crippen LogP contribution is -2.51. The van der Waals surface area contributed by atoms with Crippen molar-refractivity contribution in [3.05, 3.63) is 35.9 Å². The monoisotopic (exact) mass is 303 g/mol. The highest BCUT2D eigenvalue weighted by Gasteiger charge is 2.32. The first-order chi connectivity index (χ1) is 10.5. The second kappa shape index (κ2) is 7.75. The van der Waals surface area contributed by atoms with Gasteiger partial charge in [0.2, 0.25) is 5.91 Å². The predicted molar refractivity (Wildman–Crippen MR) is 90.3 cm³/mol. The van der Waals surface area contributed by atoms with Crippen LogP contribution in [0, 0.1) is 5.92 Å². The van der Waals surface area contributed by atoms with E-state index in [4.69, 9.17) is 5.73 Å². The van der Waals surface area contributed by atoms with Crippen LogP contribution in [0.25, 0.3) is 0 Å². The molecular formula is C18H29N3O. The van der Waals surface area contributed by atoms with Crippen molar-refractivity contribution in [2.45, 2.75) is 45.8 Å². The van der Waals surface area contributed by atoms with Gasteiger partial charge in [-0.15, -0.1) is 0 Å². The second-order valence-electron chi connectivity index (χ2n) is 6.56. The predicted octanol–water partition coefficient (Wildman–Crippen LogP) is 2.09. The quantitative estimate of drug-likeness (QED) is 0.875. The highest BCUT2D eigenvalue weighted by atomic mass is 16.2. The van der Waals surface area contributed by atoms with Gasteiger partial charge >= 0.3 is 0 Å². The number of hydrogen-bond acceptors (Lipinski definition) is 3. The molecule has 1 aliphatic rings. The Balaban J connectivity index is 1.94. The molecular weight excluding hydrogens is 274 g/mol. The summed E-state index contributed by atoms with van der Waals surface area (Å²) in [7, 11) is 0. The number of carbonyl (C=O) groups excluding carboxylic acids is 1. The number of rotatable bonds is 6. The van der Waals surface area contributed by atoms with E-state index in [0.717, 1.165) is 32.6 Å². The highest BCUT2D eigenvalue weighted by molar-refractivity contribution is 5.82. The maximum absolute atomic E-state index is 12.6. The molecule has 1 amide bonds. The van der Waals surface area contributed by atoms with Crippen LogP contribution < -0.4 is 5.73 Å². The summed E-state index contributed by atoms with van der Waals surface area (Å²) in [6.07, 6.45) is 1.04. The van der Waals surface area contributed by atoms with Gasteiger partial charge in [0.25, 0.3) is 0 Å². The molecule has 1 fully saturated rings. The molecule has 0 bridgehead atoms. The van der Waals surface area contributed by atoms with Gasteiger partial charge in [0.15, 0.2) is 0 Å². The van der Waals surface area contributed by atoms with E-state index in [0.29, 0.717) is 6.04 Å². The summed E-state index contributed by atoms with van der Waals surface area (Å²) < 4.78 is 0. The molecule has 1 unspecified atom stereocenters. The molecule has 1 saturated heterocycles. The average molecular weight is 303 g/mol. The van der Waals surface area contributed by atoms with Crippen LogP contribution >= 0.6 is 0 Å². The van der Waals surface area contributed by atoms with Crippen molar-refractivity contribution < 1.29 is 4.79 Å². The first-order valence-corrected chi connectivity index (χ1v) is 8.35. The fraction of sp³-hybridized carbons (Fsp3) is 0.611. The van der Waals surface area contributed by atoms with E-state index in [1.807, 2.05) is 31.7 Å². The average Bonchev–Trinajstić information content (AvgIpc) is 2.96. The minimum absolute atomic E-state index is 0.101. The van der Waals surface area contributed by atoms with E-state index in [-0.39, 0.29) is 17.9 Å². The molecule has 2 atom stereocenters.